The molecule has 0 saturated heterocycles. The summed E-state index contributed by atoms with van der Waals surface area (Å²) in [7, 11) is 1.63. The highest BCUT2D eigenvalue weighted by atomic mass is 16.5. The number of aliphatic hydroxyl groups is 1. The van der Waals surface area contributed by atoms with Gasteiger partial charge >= 0.3 is 0 Å². The molecule has 1 unspecified atom stereocenters. The zero-order chi connectivity index (χ0) is 17.8. The van der Waals surface area contributed by atoms with Crippen LogP contribution in [0.3, 0.4) is 0 Å². The summed E-state index contributed by atoms with van der Waals surface area (Å²) in [6.07, 6.45) is -0.588. The first-order valence-corrected chi connectivity index (χ1v) is 8.50. The van der Waals surface area contributed by atoms with E-state index in [0.717, 1.165) is 27.6 Å². The molecule has 0 bridgehead atoms. The maximum absolute atomic E-state index is 10.2. The first-order valence-electron chi connectivity index (χ1n) is 8.50. The number of nitrogens with one attached hydrogen (secondary N) is 1. The molecule has 0 aliphatic heterocycles. The first kappa shape index (κ1) is 17.5. The van der Waals surface area contributed by atoms with Crippen molar-refractivity contribution in [3.63, 3.8) is 0 Å². The predicted octanol–water partition coefficient (Wildman–Crippen LogP) is 3.13. The fourth-order valence-electron chi connectivity index (χ4n) is 2.78. The normalized spacial score (nSPS) is 12.7. The molecule has 0 aliphatic carbocycles. The van der Waals surface area contributed by atoms with Crippen LogP contribution in [-0.2, 0) is 0 Å². The summed E-state index contributed by atoms with van der Waals surface area (Å²) in [6.45, 7) is 4.79. The molecular formula is C20H24N2O3. The molecule has 2 aromatic carbocycles. The van der Waals surface area contributed by atoms with E-state index in [1.54, 1.807) is 7.11 Å². The van der Waals surface area contributed by atoms with Crippen LogP contribution < -0.4 is 14.8 Å². The minimum atomic E-state index is -0.588. The van der Waals surface area contributed by atoms with Crippen molar-refractivity contribution >= 4 is 21.8 Å². The summed E-state index contributed by atoms with van der Waals surface area (Å²) >= 11 is 0. The van der Waals surface area contributed by atoms with Gasteiger partial charge in [-0.25, -0.2) is 4.98 Å². The molecule has 0 spiro atoms. The lowest BCUT2D eigenvalue weighted by atomic mass is 10.1. The number of rotatable bonds is 7. The lowest BCUT2D eigenvalue weighted by Gasteiger charge is -2.17. The zero-order valence-corrected chi connectivity index (χ0v) is 14.8. The lowest BCUT2D eigenvalue weighted by Crippen LogP contribution is -2.35. The number of aromatic nitrogens is 1. The number of methoxy groups -OCH3 is 1. The standard InChI is InChI=1S/C20H24N2O3/c1-13(2)21-11-14(23)12-25-20-15-7-4-5-9-17(15)22-19-16(20)8-6-10-18(19)24-3/h4-10,13-14,21,23H,11-12H2,1-3H3. The molecule has 5 heteroatoms. The molecule has 5 nitrogen and oxygen atoms in total. The van der Waals surface area contributed by atoms with E-state index in [4.69, 9.17) is 14.5 Å². The summed E-state index contributed by atoms with van der Waals surface area (Å²) in [5.74, 6) is 1.43. The van der Waals surface area contributed by atoms with Crippen LogP contribution >= 0.6 is 0 Å². The molecule has 0 saturated carbocycles. The van der Waals surface area contributed by atoms with Crippen LogP contribution in [0.1, 0.15) is 13.8 Å². The third-order valence-corrected chi connectivity index (χ3v) is 4.03. The average Bonchev–Trinajstić information content (AvgIpc) is 2.62. The van der Waals surface area contributed by atoms with E-state index in [1.165, 1.54) is 0 Å². The molecule has 0 fully saturated rings. The number of para-hydroxylation sites is 2. The molecule has 0 radical (unpaired) electrons. The summed E-state index contributed by atoms with van der Waals surface area (Å²) in [5.41, 5.74) is 1.60. The van der Waals surface area contributed by atoms with Crippen molar-refractivity contribution in [3.05, 3.63) is 42.5 Å². The Bertz CT molecular complexity index is 864. The maximum atomic E-state index is 10.2. The SMILES string of the molecule is COc1cccc2c(OCC(O)CNC(C)C)c3ccccc3nc12. The van der Waals surface area contributed by atoms with Crippen LogP contribution in [0.2, 0.25) is 0 Å². The Morgan fingerprint density at radius 3 is 2.60 bits per heavy atom. The molecule has 2 N–H and O–H groups in total. The van der Waals surface area contributed by atoms with Gasteiger partial charge in [0.25, 0.3) is 0 Å². The molecule has 1 atom stereocenters. The van der Waals surface area contributed by atoms with Crippen molar-refractivity contribution in [1.82, 2.24) is 10.3 Å². The average molecular weight is 340 g/mol. The van der Waals surface area contributed by atoms with Crippen molar-refractivity contribution in [1.29, 1.82) is 0 Å². The summed E-state index contributed by atoms with van der Waals surface area (Å²) < 4.78 is 11.5. The Morgan fingerprint density at radius 1 is 1.08 bits per heavy atom. The van der Waals surface area contributed by atoms with Gasteiger partial charge < -0.3 is 19.9 Å². The van der Waals surface area contributed by atoms with Crippen LogP contribution in [0.15, 0.2) is 42.5 Å². The molecule has 3 rings (SSSR count). The minimum Gasteiger partial charge on any atom is -0.494 e. The first-order chi connectivity index (χ1) is 12.1. The van der Waals surface area contributed by atoms with Gasteiger partial charge in [-0.05, 0) is 24.3 Å². The molecule has 0 aliphatic rings. The number of pyridine rings is 1. The summed E-state index contributed by atoms with van der Waals surface area (Å²) in [5, 5.41) is 15.2. The Balaban J connectivity index is 1.99. The fourth-order valence-corrected chi connectivity index (χ4v) is 2.78. The van der Waals surface area contributed by atoms with Crippen LogP contribution in [0, 0.1) is 0 Å². The molecule has 25 heavy (non-hydrogen) atoms. The Kier molecular flexibility index (Phi) is 5.36. The predicted molar refractivity (Wildman–Crippen MR) is 100 cm³/mol. The van der Waals surface area contributed by atoms with Crippen molar-refractivity contribution in [2.75, 3.05) is 20.3 Å². The van der Waals surface area contributed by atoms with E-state index in [1.807, 2.05) is 56.3 Å². The molecule has 0 amide bonds. The number of benzene rings is 2. The van der Waals surface area contributed by atoms with Crippen LogP contribution in [0.25, 0.3) is 21.8 Å². The van der Waals surface area contributed by atoms with Gasteiger partial charge in [-0.15, -0.1) is 0 Å². The van der Waals surface area contributed by atoms with E-state index >= 15 is 0 Å². The molecule has 1 heterocycles. The molecule has 3 aromatic rings. The van der Waals surface area contributed by atoms with Crippen LogP contribution in [0.4, 0.5) is 0 Å². The van der Waals surface area contributed by atoms with Gasteiger partial charge in [0.1, 0.15) is 29.7 Å². The van der Waals surface area contributed by atoms with Gasteiger partial charge in [-0.1, -0.05) is 32.0 Å². The Morgan fingerprint density at radius 2 is 1.84 bits per heavy atom. The highest BCUT2D eigenvalue weighted by molar-refractivity contribution is 6.02. The quantitative estimate of drug-likeness (QED) is 0.647. The molecular weight excluding hydrogens is 316 g/mol. The van der Waals surface area contributed by atoms with E-state index in [9.17, 15) is 5.11 Å². The second-order valence-corrected chi connectivity index (χ2v) is 6.34. The van der Waals surface area contributed by atoms with Gasteiger partial charge in [-0.2, -0.15) is 0 Å². The van der Waals surface area contributed by atoms with E-state index in [2.05, 4.69) is 5.32 Å². The Labute approximate surface area is 147 Å². The summed E-state index contributed by atoms with van der Waals surface area (Å²) in [6, 6.07) is 13.9. The zero-order valence-electron chi connectivity index (χ0n) is 14.8. The van der Waals surface area contributed by atoms with Gasteiger partial charge in [0.2, 0.25) is 0 Å². The number of fused-ring (bicyclic) bond motifs is 2. The Hall–Kier alpha value is -2.37. The minimum absolute atomic E-state index is 0.208. The lowest BCUT2D eigenvalue weighted by molar-refractivity contribution is 0.106. The van der Waals surface area contributed by atoms with Gasteiger partial charge in [0, 0.05) is 23.4 Å². The third-order valence-electron chi connectivity index (χ3n) is 4.03. The van der Waals surface area contributed by atoms with E-state index in [-0.39, 0.29) is 6.61 Å². The van der Waals surface area contributed by atoms with Crippen molar-refractivity contribution in [3.8, 4) is 11.5 Å². The second kappa shape index (κ2) is 7.68. The summed E-state index contributed by atoms with van der Waals surface area (Å²) in [4.78, 5) is 4.72. The van der Waals surface area contributed by atoms with Crippen molar-refractivity contribution in [2.24, 2.45) is 0 Å². The van der Waals surface area contributed by atoms with Gasteiger partial charge in [-0.3, -0.25) is 0 Å². The highest BCUT2D eigenvalue weighted by Crippen LogP contribution is 2.36. The van der Waals surface area contributed by atoms with Crippen LogP contribution in [0.5, 0.6) is 11.5 Å². The van der Waals surface area contributed by atoms with Gasteiger partial charge in [0.05, 0.1) is 12.6 Å². The fraction of sp³-hybridized carbons (Fsp3) is 0.350. The number of hydrogen-bond acceptors (Lipinski definition) is 5. The topological polar surface area (TPSA) is 63.6 Å². The van der Waals surface area contributed by atoms with Gasteiger partial charge in [0.15, 0.2) is 0 Å². The maximum Gasteiger partial charge on any atom is 0.145 e. The second-order valence-electron chi connectivity index (χ2n) is 6.34. The number of nitrogens with zero attached hydrogens (tertiary/aromatic N) is 1. The largest absolute Gasteiger partial charge is 0.494 e. The highest BCUT2D eigenvalue weighted by Gasteiger charge is 2.15. The number of aliphatic hydroxyl groups excluding tert-OH is 1. The van der Waals surface area contributed by atoms with Crippen molar-refractivity contribution < 1.29 is 14.6 Å². The molecule has 1 aromatic heterocycles. The third kappa shape index (κ3) is 3.83. The number of ether oxygens (including phenoxy) is 2. The van der Waals surface area contributed by atoms with Crippen molar-refractivity contribution in [2.45, 2.75) is 26.0 Å². The smallest absolute Gasteiger partial charge is 0.145 e. The van der Waals surface area contributed by atoms with E-state index < -0.39 is 6.10 Å². The number of hydrogen-bond donors (Lipinski definition) is 2. The monoisotopic (exact) mass is 340 g/mol. The molecule has 132 valence electrons. The van der Waals surface area contributed by atoms with E-state index in [0.29, 0.717) is 18.3 Å². The van der Waals surface area contributed by atoms with Crippen LogP contribution in [-0.4, -0.2) is 42.5 Å².